The highest BCUT2D eigenvalue weighted by Gasteiger charge is 2.75. The van der Waals surface area contributed by atoms with Gasteiger partial charge in [-0.3, -0.25) is 19.2 Å². The van der Waals surface area contributed by atoms with Gasteiger partial charge in [0.05, 0.1) is 36.6 Å². The molecule has 5 rings (SSSR count). The number of benzene rings is 1. The van der Waals surface area contributed by atoms with Crippen LogP contribution < -0.4 is 5.32 Å². The topological polar surface area (TPSA) is 125 Å². The number of hydrogen-bond acceptors (Lipinski definition) is 7. The molecular formula is C36H49N3O7. The summed E-state index contributed by atoms with van der Waals surface area (Å²) < 4.78 is 12.8. The lowest BCUT2D eigenvalue weighted by atomic mass is 9.70. The Kier molecular flexibility index (Phi) is 10.7. The summed E-state index contributed by atoms with van der Waals surface area (Å²) in [5.41, 5.74) is -0.493. The fourth-order valence-corrected chi connectivity index (χ4v) is 8.25. The Balaban J connectivity index is 1.45. The van der Waals surface area contributed by atoms with Crippen LogP contribution >= 0.6 is 0 Å². The number of amides is 3. The lowest BCUT2D eigenvalue weighted by Gasteiger charge is -2.41. The second kappa shape index (κ2) is 14.5. The van der Waals surface area contributed by atoms with Crippen LogP contribution in [0.1, 0.15) is 83.3 Å². The summed E-state index contributed by atoms with van der Waals surface area (Å²) >= 11 is 0. The Bertz CT molecular complexity index is 1300. The van der Waals surface area contributed by atoms with Crippen LogP contribution in [0.15, 0.2) is 55.6 Å². The number of aliphatic hydroxyl groups excluding tert-OH is 1. The van der Waals surface area contributed by atoms with E-state index < -0.39 is 53.7 Å². The lowest BCUT2D eigenvalue weighted by Crippen LogP contribution is -2.60. The minimum atomic E-state index is -1.20. The molecule has 4 aliphatic rings. The summed E-state index contributed by atoms with van der Waals surface area (Å²) in [5, 5.41) is 13.2. The Hall–Kier alpha value is -3.50. The number of esters is 1. The molecule has 4 fully saturated rings. The van der Waals surface area contributed by atoms with Crippen LogP contribution in [0, 0.1) is 11.8 Å². The molecule has 1 saturated carbocycles. The first-order valence-corrected chi connectivity index (χ1v) is 16.9. The Morgan fingerprint density at radius 3 is 2.50 bits per heavy atom. The summed E-state index contributed by atoms with van der Waals surface area (Å²) in [5.74, 6) is -3.21. The SMILES string of the molecule is C=CCCC(=O)N[C@@H](C)[C@H](OC(=O)[C@@H]1[C@H]2C(=O)N([C@H](C)CO)[C@H](C(=O)N(CC=C)C3CCCCC3)[C@]23CC[C@H]1O3)c1ccccc1. The molecule has 0 unspecified atom stereocenters. The summed E-state index contributed by atoms with van der Waals surface area (Å²) in [6.07, 6.45) is 8.69. The first-order chi connectivity index (χ1) is 22.2. The van der Waals surface area contributed by atoms with Gasteiger partial charge in [-0.2, -0.15) is 0 Å². The summed E-state index contributed by atoms with van der Waals surface area (Å²) in [6.45, 7) is 11.1. The molecular weight excluding hydrogens is 586 g/mol. The third kappa shape index (κ3) is 6.26. The van der Waals surface area contributed by atoms with Crippen molar-refractivity contribution in [2.24, 2.45) is 11.8 Å². The fourth-order valence-electron chi connectivity index (χ4n) is 8.25. The highest BCUT2D eigenvalue weighted by atomic mass is 16.6. The van der Waals surface area contributed by atoms with E-state index in [9.17, 15) is 24.3 Å². The highest BCUT2D eigenvalue weighted by Crippen LogP contribution is 2.59. The van der Waals surface area contributed by atoms with Crippen LogP contribution in [0.3, 0.4) is 0 Å². The van der Waals surface area contributed by atoms with Crippen molar-refractivity contribution in [2.75, 3.05) is 13.2 Å². The fraction of sp³-hybridized carbons (Fsp3) is 0.611. The molecule has 1 aliphatic carbocycles. The molecule has 2 N–H and O–H groups in total. The second-order valence-corrected chi connectivity index (χ2v) is 13.4. The van der Waals surface area contributed by atoms with E-state index in [-0.39, 0.29) is 36.8 Å². The van der Waals surface area contributed by atoms with Crippen molar-refractivity contribution in [1.82, 2.24) is 15.1 Å². The predicted molar refractivity (Wildman–Crippen MR) is 172 cm³/mol. The molecule has 46 heavy (non-hydrogen) atoms. The first-order valence-electron chi connectivity index (χ1n) is 16.9. The van der Waals surface area contributed by atoms with Gasteiger partial charge in [-0.1, -0.05) is 61.7 Å². The van der Waals surface area contributed by atoms with Crippen molar-refractivity contribution in [3.05, 3.63) is 61.2 Å². The zero-order valence-corrected chi connectivity index (χ0v) is 27.1. The average Bonchev–Trinajstić information content (AvgIpc) is 3.72. The van der Waals surface area contributed by atoms with Crippen molar-refractivity contribution in [1.29, 1.82) is 0 Å². The highest BCUT2D eigenvalue weighted by molar-refractivity contribution is 5.98. The Labute approximate surface area is 272 Å². The lowest BCUT2D eigenvalue weighted by molar-refractivity contribution is -0.162. The third-order valence-electron chi connectivity index (χ3n) is 10.4. The van der Waals surface area contributed by atoms with Gasteiger partial charge in [-0.15, -0.1) is 13.2 Å². The predicted octanol–water partition coefficient (Wildman–Crippen LogP) is 3.84. The van der Waals surface area contributed by atoms with Crippen molar-refractivity contribution in [3.63, 3.8) is 0 Å². The molecule has 3 amide bonds. The third-order valence-corrected chi connectivity index (χ3v) is 10.4. The Morgan fingerprint density at radius 2 is 1.85 bits per heavy atom. The number of rotatable bonds is 14. The number of hydrogen-bond donors (Lipinski definition) is 2. The molecule has 0 radical (unpaired) electrons. The maximum absolute atomic E-state index is 14.6. The summed E-state index contributed by atoms with van der Waals surface area (Å²) in [6, 6.07) is 7.06. The van der Waals surface area contributed by atoms with Crippen molar-refractivity contribution >= 4 is 23.7 Å². The van der Waals surface area contributed by atoms with Gasteiger partial charge in [0.1, 0.15) is 17.7 Å². The largest absolute Gasteiger partial charge is 0.455 e. The van der Waals surface area contributed by atoms with Crippen molar-refractivity contribution in [2.45, 2.75) is 114 Å². The molecule has 3 aliphatic heterocycles. The van der Waals surface area contributed by atoms with E-state index in [1.165, 1.54) is 4.90 Å². The van der Waals surface area contributed by atoms with Crippen LogP contribution in [0.5, 0.6) is 0 Å². The van der Waals surface area contributed by atoms with Crippen LogP contribution in [0.2, 0.25) is 0 Å². The number of likely N-dealkylation sites (tertiary alicyclic amines) is 1. The molecule has 1 spiro atoms. The van der Waals surface area contributed by atoms with Gasteiger partial charge in [0.2, 0.25) is 17.7 Å². The van der Waals surface area contributed by atoms with E-state index >= 15 is 0 Å². The van der Waals surface area contributed by atoms with Crippen molar-refractivity contribution in [3.8, 4) is 0 Å². The number of nitrogens with one attached hydrogen (secondary N) is 1. The quantitative estimate of drug-likeness (QED) is 0.235. The molecule has 250 valence electrons. The Morgan fingerprint density at radius 1 is 1.13 bits per heavy atom. The molecule has 3 saturated heterocycles. The molecule has 1 aromatic rings. The molecule has 2 bridgehead atoms. The molecule has 3 heterocycles. The van der Waals surface area contributed by atoms with Gasteiger partial charge >= 0.3 is 5.97 Å². The minimum Gasteiger partial charge on any atom is -0.455 e. The normalized spacial score (nSPS) is 29.0. The second-order valence-electron chi connectivity index (χ2n) is 13.4. The number of carbonyl (C=O) groups excluding carboxylic acids is 4. The van der Waals surface area contributed by atoms with E-state index in [0.717, 1.165) is 32.1 Å². The van der Waals surface area contributed by atoms with Gasteiger partial charge in [0.25, 0.3) is 0 Å². The van der Waals surface area contributed by atoms with Crippen molar-refractivity contribution < 1.29 is 33.8 Å². The van der Waals surface area contributed by atoms with E-state index in [1.807, 2.05) is 35.2 Å². The van der Waals surface area contributed by atoms with Gasteiger partial charge in [-0.25, -0.2) is 0 Å². The van der Waals surface area contributed by atoms with E-state index in [2.05, 4.69) is 18.5 Å². The smallest absolute Gasteiger partial charge is 0.313 e. The maximum Gasteiger partial charge on any atom is 0.313 e. The number of ether oxygens (including phenoxy) is 2. The zero-order valence-electron chi connectivity index (χ0n) is 27.1. The number of fused-ring (bicyclic) bond motifs is 1. The summed E-state index contributed by atoms with van der Waals surface area (Å²) in [7, 11) is 0. The number of aliphatic hydroxyl groups is 1. The van der Waals surface area contributed by atoms with Crippen LogP contribution in [-0.2, 0) is 28.7 Å². The van der Waals surface area contributed by atoms with Crippen LogP contribution in [0.25, 0.3) is 0 Å². The monoisotopic (exact) mass is 635 g/mol. The van der Waals surface area contributed by atoms with Gasteiger partial charge in [-0.05, 0) is 51.5 Å². The number of allylic oxidation sites excluding steroid dienone is 1. The van der Waals surface area contributed by atoms with E-state index in [0.29, 0.717) is 31.4 Å². The van der Waals surface area contributed by atoms with Crippen LogP contribution in [-0.4, -0.2) is 87.6 Å². The average molecular weight is 636 g/mol. The molecule has 10 nitrogen and oxygen atoms in total. The summed E-state index contributed by atoms with van der Waals surface area (Å²) in [4.78, 5) is 59.1. The van der Waals surface area contributed by atoms with E-state index in [4.69, 9.17) is 9.47 Å². The molecule has 8 atom stereocenters. The molecule has 1 aromatic carbocycles. The van der Waals surface area contributed by atoms with E-state index in [1.54, 1.807) is 26.0 Å². The van der Waals surface area contributed by atoms with Gasteiger partial charge < -0.3 is 29.7 Å². The number of carbonyl (C=O) groups is 4. The zero-order chi connectivity index (χ0) is 33.0. The standard InChI is InChI=1S/C36H49N3O7/c1-5-7-18-28(41)37-24(4)31(25-14-10-8-11-15-25)45-35(44)29-27-19-20-36(46-27)30(29)33(42)39(23(3)22-40)32(36)34(43)38(21-6-2)26-16-12-9-13-17-26/h5-6,8,10-11,14-15,23-24,26-27,29-32,40H,1-2,7,9,12-13,16-22H2,3-4H3,(H,37,41)/t23-,24+,27-,29+,30+,31+,32-,36+/m1/s1. The first kappa shape index (κ1) is 33.9. The maximum atomic E-state index is 14.6. The van der Waals surface area contributed by atoms with Gasteiger partial charge in [0.15, 0.2) is 0 Å². The van der Waals surface area contributed by atoms with Gasteiger partial charge in [0, 0.05) is 19.0 Å². The van der Waals surface area contributed by atoms with Crippen LogP contribution in [0.4, 0.5) is 0 Å². The number of nitrogens with zero attached hydrogens (tertiary/aromatic N) is 2. The molecule has 0 aromatic heterocycles. The molecule has 10 heteroatoms. The minimum absolute atomic E-state index is 0.0326.